The predicted octanol–water partition coefficient (Wildman–Crippen LogP) is 2.83. The molecular formula is C19H20BrN5O3. The van der Waals surface area contributed by atoms with Crippen molar-refractivity contribution in [2.24, 2.45) is 0 Å². The Labute approximate surface area is 170 Å². The molecule has 1 saturated heterocycles. The second kappa shape index (κ2) is 7.38. The molecule has 2 fully saturated rings. The zero-order valence-electron chi connectivity index (χ0n) is 15.2. The maximum atomic E-state index is 12.6. The highest BCUT2D eigenvalue weighted by Gasteiger charge is 2.52. The van der Waals surface area contributed by atoms with Crippen molar-refractivity contribution < 1.29 is 14.4 Å². The van der Waals surface area contributed by atoms with E-state index in [9.17, 15) is 14.4 Å². The maximum absolute atomic E-state index is 12.6. The van der Waals surface area contributed by atoms with E-state index in [4.69, 9.17) is 0 Å². The van der Waals surface area contributed by atoms with E-state index >= 15 is 0 Å². The number of urea groups is 1. The third kappa shape index (κ3) is 3.42. The number of benzene rings is 1. The Morgan fingerprint density at radius 2 is 2.00 bits per heavy atom. The van der Waals surface area contributed by atoms with Gasteiger partial charge in [-0.3, -0.25) is 14.5 Å². The smallest absolute Gasteiger partial charge is 0.324 e. The third-order valence-electron chi connectivity index (χ3n) is 5.24. The molecule has 1 saturated carbocycles. The summed E-state index contributed by atoms with van der Waals surface area (Å²) in [5.41, 5.74) is 0.585. The topological polar surface area (TPSA) is 96.3 Å². The highest BCUT2D eigenvalue weighted by atomic mass is 79.9. The number of hydrogen-bond acceptors (Lipinski definition) is 4. The van der Waals surface area contributed by atoms with E-state index in [1.807, 2.05) is 18.2 Å². The highest BCUT2D eigenvalue weighted by molar-refractivity contribution is 9.10. The lowest BCUT2D eigenvalue weighted by molar-refractivity contribution is -0.131. The molecule has 4 amide bonds. The number of nitrogens with one attached hydrogen (secondary N) is 2. The first-order valence-electron chi connectivity index (χ1n) is 9.22. The Hall–Kier alpha value is -2.68. The summed E-state index contributed by atoms with van der Waals surface area (Å²) in [4.78, 5) is 38.5. The molecule has 9 heteroatoms. The van der Waals surface area contributed by atoms with Gasteiger partial charge in [0.2, 0.25) is 5.91 Å². The Bertz CT molecular complexity index is 935. The second-order valence-electron chi connectivity index (χ2n) is 7.09. The number of halogens is 1. The van der Waals surface area contributed by atoms with Gasteiger partial charge < -0.3 is 10.6 Å². The van der Waals surface area contributed by atoms with Crippen LogP contribution in [0.5, 0.6) is 0 Å². The highest BCUT2D eigenvalue weighted by Crippen LogP contribution is 2.35. The molecule has 8 nitrogen and oxygen atoms in total. The van der Waals surface area contributed by atoms with Crippen molar-refractivity contribution >= 4 is 39.5 Å². The lowest BCUT2D eigenvalue weighted by atomic mass is 9.98. The quantitative estimate of drug-likeness (QED) is 0.691. The molecule has 0 bridgehead atoms. The molecular weight excluding hydrogens is 426 g/mol. The van der Waals surface area contributed by atoms with E-state index in [0.717, 1.165) is 23.0 Å². The number of aromatic nitrogens is 2. The summed E-state index contributed by atoms with van der Waals surface area (Å²) in [5, 5.41) is 9.91. The van der Waals surface area contributed by atoms with Gasteiger partial charge in [-0.05, 0) is 40.9 Å². The molecule has 0 unspecified atom stereocenters. The van der Waals surface area contributed by atoms with Crippen molar-refractivity contribution in [2.75, 3.05) is 11.9 Å². The van der Waals surface area contributed by atoms with Gasteiger partial charge in [0, 0.05) is 19.2 Å². The van der Waals surface area contributed by atoms with E-state index in [2.05, 4.69) is 31.7 Å². The van der Waals surface area contributed by atoms with Crippen LogP contribution in [0.1, 0.15) is 32.1 Å². The lowest BCUT2D eigenvalue weighted by Gasteiger charge is -2.20. The van der Waals surface area contributed by atoms with Crippen LogP contribution in [0.15, 0.2) is 41.1 Å². The average molecular weight is 446 g/mol. The van der Waals surface area contributed by atoms with E-state index in [1.54, 1.807) is 23.1 Å². The van der Waals surface area contributed by atoms with E-state index in [-0.39, 0.29) is 24.8 Å². The fraction of sp³-hybridized carbons (Fsp3) is 0.368. The number of hydrogen-bond donors (Lipinski definition) is 2. The fourth-order valence-corrected chi connectivity index (χ4v) is 4.12. The lowest BCUT2D eigenvalue weighted by Crippen LogP contribution is -2.44. The molecule has 1 aromatic heterocycles. The zero-order valence-corrected chi connectivity index (χ0v) is 16.7. The number of para-hydroxylation sites is 2. The van der Waals surface area contributed by atoms with Crippen molar-refractivity contribution in [1.29, 1.82) is 0 Å². The van der Waals surface area contributed by atoms with Crippen molar-refractivity contribution in [3.8, 4) is 5.69 Å². The molecule has 28 heavy (non-hydrogen) atoms. The summed E-state index contributed by atoms with van der Waals surface area (Å²) in [6.45, 7) is 0.0632. The van der Waals surface area contributed by atoms with E-state index < -0.39 is 11.6 Å². The van der Waals surface area contributed by atoms with Gasteiger partial charge in [0.1, 0.15) is 5.54 Å². The van der Waals surface area contributed by atoms with Crippen molar-refractivity contribution in [2.45, 2.75) is 37.6 Å². The summed E-state index contributed by atoms with van der Waals surface area (Å²) < 4.78 is 2.48. The van der Waals surface area contributed by atoms with Gasteiger partial charge in [-0.15, -0.1) is 0 Å². The number of carbonyl (C=O) groups excluding carboxylic acids is 3. The van der Waals surface area contributed by atoms with Crippen LogP contribution in [0.2, 0.25) is 0 Å². The molecule has 2 heterocycles. The molecule has 1 aromatic carbocycles. The van der Waals surface area contributed by atoms with Crippen molar-refractivity contribution in [1.82, 2.24) is 20.0 Å². The van der Waals surface area contributed by atoms with Crippen LogP contribution in [-0.4, -0.2) is 44.6 Å². The number of nitrogens with zero attached hydrogens (tertiary/aromatic N) is 3. The van der Waals surface area contributed by atoms with Gasteiger partial charge >= 0.3 is 6.03 Å². The van der Waals surface area contributed by atoms with Crippen LogP contribution in [0.3, 0.4) is 0 Å². The summed E-state index contributed by atoms with van der Waals surface area (Å²) in [5.74, 6) is -0.476. The summed E-state index contributed by atoms with van der Waals surface area (Å²) in [7, 11) is 0. The minimum atomic E-state index is -0.742. The molecule has 2 N–H and O–H groups in total. The molecule has 0 radical (unpaired) electrons. The SMILES string of the molecule is O=C(CCN1C(=O)NC2(CCCC2)C1=O)Nc1ccccc1-n1cc(Br)cn1. The van der Waals surface area contributed by atoms with Crippen LogP contribution in [0, 0.1) is 0 Å². The minimum absolute atomic E-state index is 0.0341. The predicted molar refractivity (Wildman–Crippen MR) is 106 cm³/mol. The molecule has 146 valence electrons. The first-order valence-corrected chi connectivity index (χ1v) is 10.0. The molecule has 1 aliphatic carbocycles. The van der Waals surface area contributed by atoms with Gasteiger partial charge in [0.15, 0.2) is 0 Å². The van der Waals surface area contributed by atoms with Crippen LogP contribution in [-0.2, 0) is 9.59 Å². The van der Waals surface area contributed by atoms with Crippen molar-refractivity contribution in [3.63, 3.8) is 0 Å². The molecule has 2 aromatic rings. The van der Waals surface area contributed by atoms with Gasteiger partial charge in [0.05, 0.1) is 22.0 Å². The summed E-state index contributed by atoms with van der Waals surface area (Å²) in [6.07, 6.45) is 6.70. The molecule has 4 rings (SSSR count). The fourth-order valence-electron chi connectivity index (χ4n) is 3.83. The van der Waals surface area contributed by atoms with Gasteiger partial charge in [-0.1, -0.05) is 25.0 Å². The average Bonchev–Trinajstić information content (AvgIpc) is 3.36. The summed E-state index contributed by atoms with van der Waals surface area (Å²) in [6, 6.07) is 6.90. The Morgan fingerprint density at radius 3 is 2.71 bits per heavy atom. The van der Waals surface area contributed by atoms with Gasteiger partial charge in [0.25, 0.3) is 5.91 Å². The number of rotatable bonds is 5. The van der Waals surface area contributed by atoms with Crippen LogP contribution < -0.4 is 10.6 Å². The molecule has 1 aliphatic heterocycles. The minimum Gasteiger partial charge on any atom is -0.324 e. The number of imide groups is 1. The summed E-state index contributed by atoms with van der Waals surface area (Å²) >= 11 is 3.36. The Balaban J connectivity index is 1.41. The molecule has 0 atom stereocenters. The number of carbonyl (C=O) groups is 3. The van der Waals surface area contributed by atoms with E-state index in [0.29, 0.717) is 18.5 Å². The largest absolute Gasteiger partial charge is 0.325 e. The van der Waals surface area contributed by atoms with Crippen LogP contribution in [0.25, 0.3) is 5.69 Å². The van der Waals surface area contributed by atoms with Crippen LogP contribution in [0.4, 0.5) is 10.5 Å². The van der Waals surface area contributed by atoms with E-state index in [1.165, 1.54) is 4.90 Å². The standard InChI is InChI=1S/C19H20BrN5O3/c20-13-11-21-25(12-13)15-6-2-1-5-14(15)22-16(26)7-10-24-17(27)19(23-18(24)28)8-3-4-9-19/h1-2,5-6,11-12H,3-4,7-10H2,(H,22,26)(H,23,28). The van der Waals surface area contributed by atoms with Crippen molar-refractivity contribution in [3.05, 3.63) is 41.1 Å². The Morgan fingerprint density at radius 1 is 1.25 bits per heavy atom. The number of anilines is 1. The molecule has 2 aliphatic rings. The third-order valence-corrected chi connectivity index (χ3v) is 5.65. The maximum Gasteiger partial charge on any atom is 0.325 e. The Kier molecular flexibility index (Phi) is 4.92. The normalized spacial score (nSPS) is 18.0. The first-order chi connectivity index (χ1) is 13.5. The van der Waals surface area contributed by atoms with Gasteiger partial charge in [-0.2, -0.15) is 5.10 Å². The zero-order chi connectivity index (χ0) is 19.7. The number of amides is 4. The monoisotopic (exact) mass is 445 g/mol. The van der Waals surface area contributed by atoms with Crippen LogP contribution >= 0.6 is 15.9 Å². The molecule has 1 spiro atoms. The van der Waals surface area contributed by atoms with Gasteiger partial charge in [-0.25, -0.2) is 9.48 Å². The first kappa shape index (κ1) is 18.7. The second-order valence-corrected chi connectivity index (χ2v) is 8.01.